The number of ketones is 1. The topological polar surface area (TPSA) is 38.7 Å². The fourth-order valence-electron chi connectivity index (χ4n) is 0.137. The molecule has 0 N–H and O–H groups in total. The summed E-state index contributed by atoms with van der Waals surface area (Å²) >= 11 is 0. The van der Waals surface area contributed by atoms with Crippen molar-refractivity contribution < 1.29 is 9.63 Å². The molecule has 0 aromatic heterocycles. The molecule has 3 heteroatoms. The molecule has 0 saturated carbocycles. The van der Waals surface area contributed by atoms with Crippen LogP contribution >= 0.6 is 0 Å². The summed E-state index contributed by atoms with van der Waals surface area (Å²) in [5.74, 6) is -0.0487. The summed E-state index contributed by atoms with van der Waals surface area (Å²) in [6.45, 7) is 4.46. The lowest BCUT2D eigenvalue weighted by molar-refractivity contribution is -0.121. The predicted molar refractivity (Wildman–Crippen MR) is 26.2 cm³/mol. The van der Waals surface area contributed by atoms with Gasteiger partial charge >= 0.3 is 0 Å². The minimum Gasteiger partial charge on any atom is -0.388 e. The standard InChI is InChI=1S/C4H7NO2/c1-4(6)3-7-5-2/h2-3H2,1H3. The molecule has 0 aliphatic carbocycles. The number of hydrogen-bond acceptors (Lipinski definition) is 3. The second kappa shape index (κ2) is 3.33. The van der Waals surface area contributed by atoms with Gasteiger partial charge in [0.1, 0.15) is 0 Å². The van der Waals surface area contributed by atoms with Gasteiger partial charge in [0, 0.05) is 6.72 Å². The Morgan fingerprint density at radius 2 is 2.57 bits per heavy atom. The minimum absolute atomic E-state index is 0.0312. The molecule has 3 nitrogen and oxygen atoms in total. The van der Waals surface area contributed by atoms with Crippen LogP contribution < -0.4 is 0 Å². The number of carbonyl (C=O) groups is 1. The monoisotopic (exact) mass is 101 g/mol. The molecule has 0 amide bonds. The first-order chi connectivity index (χ1) is 3.27. The zero-order valence-electron chi connectivity index (χ0n) is 4.18. The average Bonchev–Trinajstić information content (AvgIpc) is 1.61. The molecule has 0 aromatic carbocycles. The normalized spacial score (nSPS) is 7.57. The molecule has 0 aromatic rings. The van der Waals surface area contributed by atoms with E-state index in [0.717, 1.165) is 0 Å². The van der Waals surface area contributed by atoms with Crippen LogP contribution in [-0.2, 0) is 9.63 Å². The Morgan fingerprint density at radius 1 is 2.00 bits per heavy atom. The molecular formula is C4H7NO2. The van der Waals surface area contributed by atoms with Crippen molar-refractivity contribution in [3.8, 4) is 0 Å². The van der Waals surface area contributed by atoms with Crippen LogP contribution in [0.1, 0.15) is 6.92 Å². The fraction of sp³-hybridized carbons (Fsp3) is 0.500. The van der Waals surface area contributed by atoms with E-state index in [9.17, 15) is 4.79 Å². The van der Waals surface area contributed by atoms with Gasteiger partial charge < -0.3 is 4.84 Å². The zero-order chi connectivity index (χ0) is 5.70. The van der Waals surface area contributed by atoms with Crippen LogP contribution in [0, 0.1) is 0 Å². The third-order valence-electron chi connectivity index (χ3n) is 0.359. The first-order valence-electron chi connectivity index (χ1n) is 1.85. The predicted octanol–water partition coefficient (Wildman–Crippen LogP) is 0.208. The molecule has 0 atom stereocenters. The summed E-state index contributed by atoms with van der Waals surface area (Å²) in [5, 5.41) is 3.00. The second-order valence-corrected chi connectivity index (χ2v) is 1.10. The van der Waals surface area contributed by atoms with E-state index in [4.69, 9.17) is 0 Å². The van der Waals surface area contributed by atoms with Crippen LogP contribution in [0.15, 0.2) is 5.16 Å². The molecule has 40 valence electrons. The molecule has 0 rings (SSSR count). The first kappa shape index (κ1) is 6.14. The molecule has 0 fully saturated rings. The molecule has 0 unspecified atom stereocenters. The summed E-state index contributed by atoms with van der Waals surface area (Å²) in [6, 6.07) is 0. The third-order valence-corrected chi connectivity index (χ3v) is 0.359. The summed E-state index contributed by atoms with van der Waals surface area (Å²) in [5.41, 5.74) is 0. The van der Waals surface area contributed by atoms with E-state index in [1.165, 1.54) is 6.92 Å². The summed E-state index contributed by atoms with van der Waals surface area (Å²) in [7, 11) is 0. The highest BCUT2D eigenvalue weighted by atomic mass is 16.6. The van der Waals surface area contributed by atoms with Crippen LogP contribution in [-0.4, -0.2) is 19.1 Å². The van der Waals surface area contributed by atoms with Crippen LogP contribution in [0.4, 0.5) is 0 Å². The Labute approximate surface area is 42.0 Å². The van der Waals surface area contributed by atoms with Crippen molar-refractivity contribution in [2.75, 3.05) is 6.61 Å². The van der Waals surface area contributed by atoms with E-state index in [1.54, 1.807) is 0 Å². The van der Waals surface area contributed by atoms with E-state index >= 15 is 0 Å². The zero-order valence-corrected chi connectivity index (χ0v) is 4.18. The van der Waals surface area contributed by atoms with Gasteiger partial charge in [-0.05, 0) is 6.92 Å². The smallest absolute Gasteiger partial charge is 0.174 e. The van der Waals surface area contributed by atoms with Gasteiger partial charge in [-0.3, -0.25) is 4.79 Å². The summed E-state index contributed by atoms with van der Waals surface area (Å²) in [4.78, 5) is 14.2. The maximum absolute atomic E-state index is 9.99. The van der Waals surface area contributed by atoms with E-state index in [-0.39, 0.29) is 12.4 Å². The molecule has 7 heavy (non-hydrogen) atoms. The lowest BCUT2D eigenvalue weighted by Crippen LogP contribution is -1.98. The Kier molecular flexibility index (Phi) is 2.92. The van der Waals surface area contributed by atoms with Crippen molar-refractivity contribution in [3.05, 3.63) is 0 Å². The Morgan fingerprint density at radius 3 is 2.71 bits per heavy atom. The van der Waals surface area contributed by atoms with Crippen molar-refractivity contribution in [1.82, 2.24) is 0 Å². The maximum atomic E-state index is 9.99. The third kappa shape index (κ3) is 5.14. The molecule has 0 radical (unpaired) electrons. The Hall–Kier alpha value is -0.860. The molecule has 0 bridgehead atoms. The van der Waals surface area contributed by atoms with E-state index in [0.29, 0.717) is 0 Å². The van der Waals surface area contributed by atoms with Crippen molar-refractivity contribution >= 4 is 12.5 Å². The molecule has 0 spiro atoms. The Balaban J connectivity index is 2.97. The van der Waals surface area contributed by atoms with E-state index in [2.05, 4.69) is 16.7 Å². The molecule has 0 aliphatic heterocycles. The van der Waals surface area contributed by atoms with E-state index in [1.807, 2.05) is 0 Å². The maximum Gasteiger partial charge on any atom is 0.174 e. The SMILES string of the molecule is C=NOCC(C)=O. The van der Waals surface area contributed by atoms with Crippen LogP contribution in [0.5, 0.6) is 0 Å². The number of carbonyl (C=O) groups excluding carboxylic acids is 1. The lowest BCUT2D eigenvalue weighted by atomic mass is 10.5. The van der Waals surface area contributed by atoms with Gasteiger partial charge in [-0.1, -0.05) is 0 Å². The molecule has 0 heterocycles. The highest BCUT2D eigenvalue weighted by molar-refractivity contribution is 5.76. The first-order valence-corrected chi connectivity index (χ1v) is 1.85. The largest absolute Gasteiger partial charge is 0.388 e. The summed E-state index contributed by atoms with van der Waals surface area (Å²) < 4.78 is 0. The van der Waals surface area contributed by atoms with Gasteiger partial charge in [-0.2, -0.15) is 0 Å². The van der Waals surface area contributed by atoms with Gasteiger partial charge in [-0.15, -0.1) is 5.16 Å². The molecular weight excluding hydrogens is 94.0 g/mol. The lowest BCUT2D eigenvalue weighted by Gasteiger charge is -1.87. The number of nitrogens with zero attached hydrogens (tertiary/aromatic N) is 1. The van der Waals surface area contributed by atoms with Crippen molar-refractivity contribution in [3.63, 3.8) is 0 Å². The van der Waals surface area contributed by atoms with Crippen molar-refractivity contribution in [2.45, 2.75) is 6.92 Å². The average molecular weight is 101 g/mol. The molecule has 0 saturated heterocycles. The van der Waals surface area contributed by atoms with Crippen LogP contribution in [0.25, 0.3) is 0 Å². The molecule has 0 aliphatic rings. The quantitative estimate of drug-likeness (QED) is 0.376. The number of hydrogen-bond donors (Lipinski definition) is 0. The van der Waals surface area contributed by atoms with Gasteiger partial charge in [0.25, 0.3) is 0 Å². The minimum atomic E-state index is -0.0487. The number of oxime groups is 1. The second-order valence-electron chi connectivity index (χ2n) is 1.10. The van der Waals surface area contributed by atoms with Gasteiger partial charge in [0.05, 0.1) is 0 Å². The summed E-state index contributed by atoms with van der Waals surface area (Å²) in [6.07, 6.45) is 0. The van der Waals surface area contributed by atoms with Gasteiger partial charge in [-0.25, -0.2) is 0 Å². The fourth-order valence-corrected chi connectivity index (χ4v) is 0.137. The van der Waals surface area contributed by atoms with Crippen molar-refractivity contribution in [1.29, 1.82) is 0 Å². The number of rotatable bonds is 3. The Bertz CT molecular complexity index is 79.8. The number of Topliss-reactive ketones (excluding diaryl/α,β-unsaturated/α-hetero) is 1. The van der Waals surface area contributed by atoms with Crippen LogP contribution in [0.2, 0.25) is 0 Å². The van der Waals surface area contributed by atoms with Gasteiger partial charge in [0.2, 0.25) is 0 Å². The highest BCUT2D eigenvalue weighted by Crippen LogP contribution is 1.72. The van der Waals surface area contributed by atoms with Crippen LogP contribution in [0.3, 0.4) is 0 Å². The highest BCUT2D eigenvalue weighted by Gasteiger charge is 1.86. The van der Waals surface area contributed by atoms with Crippen molar-refractivity contribution in [2.24, 2.45) is 5.16 Å². The van der Waals surface area contributed by atoms with Gasteiger partial charge in [0.15, 0.2) is 12.4 Å². The van der Waals surface area contributed by atoms with E-state index < -0.39 is 0 Å².